The van der Waals surface area contributed by atoms with E-state index in [2.05, 4.69) is 23.8 Å². The van der Waals surface area contributed by atoms with Crippen LogP contribution in [0, 0.1) is 0 Å². The molecule has 0 aromatic carbocycles. The van der Waals surface area contributed by atoms with E-state index in [9.17, 15) is 0 Å². The van der Waals surface area contributed by atoms with Gasteiger partial charge in [-0.25, -0.2) is 0 Å². The number of hydrogen-bond acceptors (Lipinski definition) is 4. The molecule has 1 fully saturated rings. The molecule has 0 saturated carbocycles. The number of likely N-dealkylation sites (tertiary alicyclic amines) is 1. The summed E-state index contributed by atoms with van der Waals surface area (Å²) in [4.78, 5) is 4.94. The van der Waals surface area contributed by atoms with E-state index in [-0.39, 0.29) is 5.54 Å². The molecule has 0 bridgehead atoms. The molecule has 4 nitrogen and oxygen atoms in total. The molecule has 1 aliphatic heterocycles. The van der Waals surface area contributed by atoms with Crippen molar-refractivity contribution in [1.82, 2.24) is 9.80 Å². The van der Waals surface area contributed by atoms with Gasteiger partial charge < -0.3 is 15.4 Å². The first-order valence-corrected chi connectivity index (χ1v) is 6.75. The highest BCUT2D eigenvalue weighted by atomic mass is 16.5. The predicted molar refractivity (Wildman–Crippen MR) is 72.3 cm³/mol. The van der Waals surface area contributed by atoms with Crippen LogP contribution < -0.4 is 5.73 Å². The number of rotatable bonds is 8. The van der Waals surface area contributed by atoms with Gasteiger partial charge >= 0.3 is 0 Å². The molecule has 102 valence electrons. The van der Waals surface area contributed by atoms with Gasteiger partial charge in [-0.15, -0.1) is 0 Å². The van der Waals surface area contributed by atoms with Gasteiger partial charge in [-0.2, -0.15) is 0 Å². The smallest absolute Gasteiger partial charge is 0.0480 e. The Bertz CT molecular complexity index is 207. The highest BCUT2D eigenvalue weighted by Gasteiger charge is 2.27. The lowest BCUT2D eigenvalue weighted by atomic mass is 9.96. The maximum atomic E-state index is 5.92. The topological polar surface area (TPSA) is 41.7 Å². The van der Waals surface area contributed by atoms with Crippen molar-refractivity contribution in [3.8, 4) is 0 Å². The molecule has 0 radical (unpaired) electrons. The SMILES string of the molecule is COCCC(C)(CN)N(C)CCN1CCCC1. The summed E-state index contributed by atoms with van der Waals surface area (Å²) in [5, 5.41) is 0. The van der Waals surface area contributed by atoms with Gasteiger partial charge in [0.1, 0.15) is 0 Å². The number of nitrogens with zero attached hydrogens (tertiary/aromatic N) is 2. The Hall–Kier alpha value is -0.160. The molecule has 1 atom stereocenters. The van der Waals surface area contributed by atoms with Crippen LogP contribution in [-0.4, -0.2) is 68.8 Å². The number of likely N-dealkylation sites (N-methyl/N-ethyl adjacent to an activating group) is 1. The second-order valence-corrected chi connectivity index (χ2v) is 5.41. The van der Waals surface area contributed by atoms with Crippen LogP contribution in [0.5, 0.6) is 0 Å². The quantitative estimate of drug-likeness (QED) is 0.684. The summed E-state index contributed by atoms with van der Waals surface area (Å²) in [6.07, 6.45) is 3.72. The summed E-state index contributed by atoms with van der Waals surface area (Å²) in [6.45, 7) is 8.50. The van der Waals surface area contributed by atoms with E-state index in [1.54, 1.807) is 7.11 Å². The number of nitrogens with two attached hydrogens (primary N) is 1. The third-order valence-corrected chi connectivity index (χ3v) is 4.16. The monoisotopic (exact) mass is 243 g/mol. The number of hydrogen-bond donors (Lipinski definition) is 1. The Labute approximate surface area is 106 Å². The van der Waals surface area contributed by atoms with Gasteiger partial charge in [0.25, 0.3) is 0 Å². The van der Waals surface area contributed by atoms with Crippen molar-refractivity contribution >= 4 is 0 Å². The van der Waals surface area contributed by atoms with Crippen LogP contribution in [0.2, 0.25) is 0 Å². The highest BCUT2D eigenvalue weighted by Crippen LogP contribution is 2.17. The lowest BCUT2D eigenvalue weighted by Gasteiger charge is -2.38. The first kappa shape index (κ1) is 14.9. The van der Waals surface area contributed by atoms with E-state index in [4.69, 9.17) is 10.5 Å². The van der Waals surface area contributed by atoms with Crippen molar-refractivity contribution in [2.75, 3.05) is 53.5 Å². The first-order chi connectivity index (χ1) is 8.12. The molecule has 0 amide bonds. The Kier molecular flexibility index (Phi) is 6.41. The highest BCUT2D eigenvalue weighted by molar-refractivity contribution is 4.86. The number of ether oxygens (including phenoxy) is 1. The largest absolute Gasteiger partial charge is 0.385 e. The molecule has 1 rings (SSSR count). The van der Waals surface area contributed by atoms with Crippen molar-refractivity contribution in [2.24, 2.45) is 5.73 Å². The van der Waals surface area contributed by atoms with Crippen LogP contribution in [0.3, 0.4) is 0 Å². The third-order valence-electron chi connectivity index (χ3n) is 4.16. The zero-order valence-electron chi connectivity index (χ0n) is 11.7. The average Bonchev–Trinajstić information content (AvgIpc) is 2.86. The molecule has 0 aromatic rings. The van der Waals surface area contributed by atoms with E-state index in [0.717, 1.165) is 19.6 Å². The predicted octanol–water partition coefficient (Wildman–Crippen LogP) is 0.768. The molecule has 17 heavy (non-hydrogen) atoms. The van der Waals surface area contributed by atoms with Crippen LogP contribution in [0.15, 0.2) is 0 Å². The van der Waals surface area contributed by atoms with Gasteiger partial charge in [0.05, 0.1) is 0 Å². The van der Waals surface area contributed by atoms with Gasteiger partial charge in [-0.1, -0.05) is 0 Å². The molecule has 1 saturated heterocycles. The average molecular weight is 243 g/mol. The Morgan fingerprint density at radius 3 is 2.53 bits per heavy atom. The van der Waals surface area contributed by atoms with Gasteiger partial charge in [-0.3, -0.25) is 4.90 Å². The molecule has 1 aliphatic rings. The summed E-state index contributed by atoms with van der Waals surface area (Å²) in [6, 6.07) is 0. The third kappa shape index (κ3) is 4.54. The maximum absolute atomic E-state index is 5.92. The summed E-state index contributed by atoms with van der Waals surface area (Å²) in [5.74, 6) is 0. The van der Waals surface area contributed by atoms with Gasteiger partial charge in [0.2, 0.25) is 0 Å². The van der Waals surface area contributed by atoms with Crippen molar-refractivity contribution < 1.29 is 4.74 Å². The van der Waals surface area contributed by atoms with Crippen LogP contribution in [0.4, 0.5) is 0 Å². The van der Waals surface area contributed by atoms with Crippen molar-refractivity contribution in [3.05, 3.63) is 0 Å². The Morgan fingerprint density at radius 2 is 2.00 bits per heavy atom. The van der Waals surface area contributed by atoms with E-state index in [1.807, 2.05) is 0 Å². The van der Waals surface area contributed by atoms with Crippen molar-refractivity contribution in [3.63, 3.8) is 0 Å². The van der Waals surface area contributed by atoms with Crippen LogP contribution in [0.25, 0.3) is 0 Å². The van der Waals surface area contributed by atoms with Gasteiger partial charge in [0.15, 0.2) is 0 Å². The zero-order chi connectivity index (χ0) is 12.7. The maximum Gasteiger partial charge on any atom is 0.0480 e. The van der Waals surface area contributed by atoms with Crippen molar-refractivity contribution in [1.29, 1.82) is 0 Å². The Morgan fingerprint density at radius 1 is 1.35 bits per heavy atom. The minimum Gasteiger partial charge on any atom is -0.385 e. The molecule has 4 heteroatoms. The molecule has 1 unspecified atom stereocenters. The minimum atomic E-state index is 0.0652. The summed E-state index contributed by atoms with van der Waals surface area (Å²) in [5.41, 5.74) is 5.99. The fourth-order valence-corrected chi connectivity index (χ4v) is 2.34. The van der Waals surface area contributed by atoms with E-state index < -0.39 is 0 Å². The van der Waals surface area contributed by atoms with Gasteiger partial charge in [-0.05, 0) is 46.3 Å². The molecular weight excluding hydrogens is 214 g/mol. The lowest BCUT2D eigenvalue weighted by molar-refractivity contribution is 0.0821. The van der Waals surface area contributed by atoms with Crippen LogP contribution in [-0.2, 0) is 4.74 Å². The van der Waals surface area contributed by atoms with Crippen LogP contribution in [0.1, 0.15) is 26.2 Å². The zero-order valence-corrected chi connectivity index (χ0v) is 11.7. The number of methoxy groups -OCH3 is 1. The second-order valence-electron chi connectivity index (χ2n) is 5.41. The molecule has 0 aliphatic carbocycles. The molecule has 2 N–H and O–H groups in total. The normalized spacial score (nSPS) is 21.0. The lowest BCUT2D eigenvalue weighted by Crippen LogP contribution is -2.52. The summed E-state index contributed by atoms with van der Waals surface area (Å²) >= 11 is 0. The minimum absolute atomic E-state index is 0.0652. The molecule has 0 aromatic heterocycles. The van der Waals surface area contributed by atoms with Crippen LogP contribution >= 0.6 is 0 Å². The van der Waals surface area contributed by atoms with E-state index in [1.165, 1.54) is 32.5 Å². The molecule has 0 spiro atoms. The van der Waals surface area contributed by atoms with E-state index >= 15 is 0 Å². The fourth-order valence-electron chi connectivity index (χ4n) is 2.34. The summed E-state index contributed by atoms with van der Waals surface area (Å²) < 4.78 is 5.17. The molecule has 1 heterocycles. The molecular formula is C13H29N3O. The first-order valence-electron chi connectivity index (χ1n) is 6.75. The fraction of sp³-hybridized carbons (Fsp3) is 1.00. The standard InChI is InChI=1S/C13H29N3O/c1-13(12-14,6-11-17-3)15(2)9-10-16-7-4-5-8-16/h4-12,14H2,1-3H3. The van der Waals surface area contributed by atoms with Gasteiger partial charge in [0, 0.05) is 38.9 Å². The van der Waals surface area contributed by atoms with Crippen molar-refractivity contribution in [2.45, 2.75) is 31.7 Å². The Balaban J connectivity index is 2.33. The second kappa shape index (κ2) is 7.31. The van der Waals surface area contributed by atoms with E-state index in [0.29, 0.717) is 6.54 Å². The summed E-state index contributed by atoms with van der Waals surface area (Å²) in [7, 11) is 3.93.